The highest BCUT2D eigenvalue weighted by Crippen LogP contribution is 2.37. The van der Waals surface area contributed by atoms with Crippen molar-refractivity contribution < 1.29 is 14.3 Å². The summed E-state index contributed by atoms with van der Waals surface area (Å²) < 4.78 is 4.70. The second-order valence-electron chi connectivity index (χ2n) is 3.50. The molecular formula is C6H15O3P. The maximum Gasteiger partial charge on any atom is 0.245 e. The molecule has 2 N–H and O–H groups in total. The molecule has 0 radical (unpaired) electrons. The van der Waals surface area contributed by atoms with Crippen LogP contribution in [0.25, 0.3) is 0 Å². The molecule has 10 heavy (non-hydrogen) atoms. The maximum atomic E-state index is 8.71. The molecule has 0 fully saturated rings. The van der Waals surface area contributed by atoms with E-state index < -0.39 is 7.57 Å². The van der Waals surface area contributed by atoms with Crippen molar-refractivity contribution in [2.24, 2.45) is 5.41 Å². The van der Waals surface area contributed by atoms with Gasteiger partial charge in [-0.05, 0) is 11.7 Å². The molecular weight excluding hydrogens is 151 g/mol. The van der Waals surface area contributed by atoms with Gasteiger partial charge in [0.1, 0.15) is 0 Å². The molecule has 0 amide bonds. The van der Waals surface area contributed by atoms with Crippen molar-refractivity contribution in [1.29, 1.82) is 0 Å². The Morgan fingerprint density at radius 3 is 1.90 bits per heavy atom. The average Bonchev–Trinajstić information content (AvgIpc) is 1.57. The lowest BCUT2D eigenvalue weighted by Crippen LogP contribution is -2.13. The molecule has 62 valence electrons. The Kier molecular flexibility index (Phi) is 3.11. The van der Waals surface area contributed by atoms with Crippen LogP contribution in [0.1, 0.15) is 20.8 Å². The zero-order valence-corrected chi connectivity index (χ0v) is 7.56. The van der Waals surface area contributed by atoms with E-state index in [-0.39, 0.29) is 5.41 Å². The van der Waals surface area contributed by atoms with Gasteiger partial charge in [-0.3, -0.25) is 0 Å². The predicted molar refractivity (Wildman–Crippen MR) is 43.9 cm³/mol. The maximum absolute atomic E-state index is 8.71. The zero-order chi connectivity index (χ0) is 8.41. The first-order valence-electron chi connectivity index (χ1n) is 3.04. The van der Waals surface area contributed by atoms with Crippen molar-refractivity contribution in [3.63, 3.8) is 0 Å². The van der Waals surface area contributed by atoms with Crippen LogP contribution in [0, 0.1) is 5.41 Å². The quantitative estimate of drug-likeness (QED) is 0.606. The first-order chi connectivity index (χ1) is 4.21. The average molecular weight is 166 g/mol. The van der Waals surface area contributed by atoms with Crippen molar-refractivity contribution >= 4 is 13.9 Å². The van der Waals surface area contributed by atoms with E-state index in [2.05, 4.69) is 6.30 Å². The van der Waals surface area contributed by atoms with E-state index in [4.69, 9.17) is 14.3 Å². The summed E-state index contributed by atoms with van der Waals surface area (Å²) in [5, 5.41) is 0. The molecule has 4 heteroatoms. The largest absolute Gasteiger partial charge is 0.333 e. The molecule has 0 aliphatic heterocycles. The summed E-state index contributed by atoms with van der Waals surface area (Å²) in [5.74, 6) is 0. The molecule has 0 bridgehead atoms. The number of hydrogen-bond donors (Lipinski definition) is 2. The van der Waals surface area contributed by atoms with Crippen LogP contribution in [-0.2, 0) is 4.52 Å². The summed E-state index contributed by atoms with van der Waals surface area (Å²) in [5.41, 5.74) is -0.0472. The van der Waals surface area contributed by atoms with Gasteiger partial charge in [0, 0.05) is 0 Å². The van der Waals surface area contributed by atoms with Gasteiger partial charge in [0.15, 0.2) is 0 Å². The van der Waals surface area contributed by atoms with Crippen LogP contribution in [0.4, 0.5) is 0 Å². The van der Waals surface area contributed by atoms with Gasteiger partial charge >= 0.3 is 0 Å². The summed E-state index contributed by atoms with van der Waals surface area (Å²) in [6, 6.07) is 0. The van der Waals surface area contributed by atoms with Gasteiger partial charge in [-0.15, -0.1) is 0 Å². The molecule has 0 rings (SSSR count). The van der Waals surface area contributed by atoms with Crippen LogP contribution in [0.5, 0.6) is 0 Å². The molecule has 3 nitrogen and oxygen atoms in total. The Bertz CT molecular complexity index is 142. The Morgan fingerprint density at radius 1 is 1.40 bits per heavy atom. The molecule has 0 aromatic rings. The standard InChI is InChI=1S/C6H15O3P/c1-6(2,3)5-9-10(4,7)8/h7-8H,4-5H2,1-3H3. The Hall–Kier alpha value is 0.180. The molecule has 0 aromatic heterocycles. The lowest BCUT2D eigenvalue weighted by atomic mass is 9.99. The molecule has 0 saturated heterocycles. The third-order valence-electron chi connectivity index (χ3n) is 0.704. The van der Waals surface area contributed by atoms with Crippen molar-refractivity contribution in [2.75, 3.05) is 6.61 Å². The van der Waals surface area contributed by atoms with Gasteiger partial charge in [-0.2, -0.15) is 0 Å². The third-order valence-corrected chi connectivity index (χ3v) is 1.25. The second kappa shape index (κ2) is 3.05. The first kappa shape index (κ1) is 10.2. The fourth-order valence-corrected chi connectivity index (χ4v) is 0.891. The minimum atomic E-state index is -3.26. The van der Waals surface area contributed by atoms with Gasteiger partial charge < -0.3 is 14.3 Å². The minimum Gasteiger partial charge on any atom is -0.333 e. The monoisotopic (exact) mass is 166 g/mol. The second-order valence-corrected chi connectivity index (χ2v) is 5.09. The van der Waals surface area contributed by atoms with E-state index in [0.29, 0.717) is 6.61 Å². The lowest BCUT2D eigenvalue weighted by molar-refractivity contribution is 0.169. The minimum absolute atomic E-state index is 0.0472. The van der Waals surface area contributed by atoms with Crippen molar-refractivity contribution in [3.05, 3.63) is 0 Å². The number of hydrogen-bond acceptors (Lipinski definition) is 3. The highest BCUT2D eigenvalue weighted by molar-refractivity contribution is 7.57. The van der Waals surface area contributed by atoms with Gasteiger partial charge in [0.25, 0.3) is 0 Å². The third kappa shape index (κ3) is 8.18. The SMILES string of the molecule is C=P(O)(O)OCC(C)(C)C. The summed E-state index contributed by atoms with van der Waals surface area (Å²) >= 11 is 0. The summed E-state index contributed by atoms with van der Waals surface area (Å²) in [4.78, 5) is 17.4. The molecule has 0 atom stereocenters. The zero-order valence-electron chi connectivity index (χ0n) is 6.66. The normalized spacial score (nSPS) is 13.7. The van der Waals surface area contributed by atoms with Crippen molar-refractivity contribution in [3.8, 4) is 0 Å². The van der Waals surface area contributed by atoms with E-state index >= 15 is 0 Å². The van der Waals surface area contributed by atoms with Crippen LogP contribution >= 0.6 is 7.57 Å². The fraction of sp³-hybridized carbons (Fsp3) is 0.833. The summed E-state index contributed by atoms with van der Waals surface area (Å²) in [7, 11) is -3.26. The van der Waals surface area contributed by atoms with E-state index in [1.54, 1.807) is 0 Å². The smallest absolute Gasteiger partial charge is 0.245 e. The molecule has 0 aliphatic carbocycles. The molecule has 0 heterocycles. The van der Waals surface area contributed by atoms with E-state index in [9.17, 15) is 0 Å². The summed E-state index contributed by atoms with van der Waals surface area (Å²) in [6.45, 7) is 6.16. The molecule has 0 spiro atoms. The molecule has 0 unspecified atom stereocenters. The Morgan fingerprint density at radius 2 is 1.80 bits per heavy atom. The van der Waals surface area contributed by atoms with Crippen molar-refractivity contribution in [2.45, 2.75) is 20.8 Å². The highest BCUT2D eigenvalue weighted by Gasteiger charge is 2.14. The van der Waals surface area contributed by atoms with Gasteiger partial charge in [0.2, 0.25) is 7.57 Å². The Balaban J connectivity index is 3.67. The van der Waals surface area contributed by atoms with Gasteiger partial charge in [-0.1, -0.05) is 20.8 Å². The molecule has 0 saturated carbocycles. The number of rotatable bonds is 2. The molecule has 0 aliphatic rings. The van der Waals surface area contributed by atoms with Crippen LogP contribution in [0.2, 0.25) is 0 Å². The van der Waals surface area contributed by atoms with Crippen molar-refractivity contribution in [1.82, 2.24) is 0 Å². The van der Waals surface area contributed by atoms with E-state index in [0.717, 1.165) is 0 Å². The van der Waals surface area contributed by atoms with Gasteiger partial charge in [-0.25, -0.2) is 0 Å². The predicted octanol–water partition coefficient (Wildman–Crippen LogP) is 1.23. The lowest BCUT2D eigenvalue weighted by Gasteiger charge is -2.20. The fourth-order valence-electron chi connectivity index (χ4n) is 0.297. The first-order valence-corrected chi connectivity index (χ1v) is 4.84. The van der Waals surface area contributed by atoms with Gasteiger partial charge in [0.05, 0.1) is 6.61 Å². The van der Waals surface area contributed by atoms with E-state index in [1.807, 2.05) is 20.8 Å². The van der Waals surface area contributed by atoms with Crippen LogP contribution in [-0.4, -0.2) is 22.7 Å². The Labute approximate surface area is 61.9 Å². The van der Waals surface area contributed by atoms with Crippen LogP contribution < -0.4 is 0 Å². The van der Waals surface area contributed by atoms with E-state index in [1.165, 1.54) is 0 Å². The summed E-state index contributed by atoms with van der Waals surface area (Å²) in [6.07, 6.45) is 3.07. The topological polar surface area (TPSA) is 49.7 Å². The van der Waals surface area contributed by atoms with Crippen LogP contribution in [0.3, 0.4) is 0 Å². The highest BCUT2D eigenvalue weighted by atomic mass is 31.2. The van der Waals surface area contributed by atoms with Crippen LogP contribution in [0.15, 0.2) is 0 Å². The molecule has 0 aromatic carbocycles.